The minimum atomic E-state index is -0.227. The van der Waals surface area contributed by atoms with Gasteiger partial charge in [0.15, 0.2) is 0 Å². The van der Waals surface area contributed by atoms with Gasteiger partial charge in [0, 0.05) is 15.4 Å². The van der Waals surface area contributed by atoms with Crippen molar-refractivity contribution in [1.82, 2.24) is 0 Å². The van der Waals surface area contributed by atoms with E-state index in [-0.39, 0.29) is 11.9 Å². The molecule has 0 saturated carbocycles. The van der Waals surface area contributed by atoms with E-state index in [1.165, 1.54) is 12.1 Å². The predicted molar refractivity (Wildman–Crippen MR) is 111 cm³/mol. The molecule has 3 aromatic rings. The summed E-state index contributed by atoms with van der Waals surface area (Å²) >= 11 is 7.01. The van der Waals surface area contributed by atoms with Crippen LogP contribution in [0.15, 0.2) is 86.8 Å². The van der Waals surface area contributed by atoms with Gasteiger partial charge in [-0.3, -0.25) is 5.01 Å². The van der Waals surface area contributed by atoms with Crippen LogP contribution in [0.5, 0.6) is 0 Å². The second-order valence-corrected chi connectivity index (χ2v) is 7.98. The van der Waals surface area contributed by atoms with Gasteiger partial charge in [-0.2, -0.15) is 5.10 Å². The zero-order valence-electron chi connectivity index (χ0n) is 13.7. The Bertz CT molecular complexity index is 953. The maximum absolute atomic E-state index is 13.4. The van der Waals surface area contributed by atoms with Gasteiger partial charge in [-0.25, -0.2) is 4.39 Å². The molecular formula is C21H15Br2FN2. The van der Waals surface area contributed by atoms with Crippen LogP contribution in [0, 0.1) is 5.82 Å². The molecule has 1 heterocycles. The molecule has 1 aliphatic heterocycles. The average molecular weight is 474 g/mol. The van der Waals surface area contributed by atoms with E-state index in [2.05, 4.69) is 44.0 Å². The lowest BCUT2D eigenvalue weighted by Gasteiger charge is -2.24. The number of hydrazone groups is 1. The first-order chi connectivity index (χ1) is 12.6. The Balaban J connectivity index is 1.75. The molecule has 0 amide bonds. The van der Waals surface area contributed by atoms with Gasteiger partial charge in [0.1, 0.15) is 5.82 Å². The van der Waals surface area contributed by atoms with Crippen LogP contribution in [0.25, 0.3) is 0 Å². The van der Waals surface area contributed by atoms with Gasteiger partial charge in [0.25, 0.3) is 0 Å². The zero-order chi connectivity index (χ0) is 18.1. The maximum atomic E-state index is 13.4. The van der Waals surface area contributed by atoms with Crippen molar-refractivity contribution >= 4 is 43.3 Å². The standard InChI is InChI=1S/C21H15Br2FN2/c22-16-8-4-14(5-9-16)20-13-21(15-6-10-18(24)11-7-15)26(25-20)19-3-1-2-17(23)12-19/h1-12,21H,13H2/t21-/m0/s1. The van der Waals surface area contributed by atoms with Gasteiger partial charge in [0.2, 0.25) is 0 Å². The average Bonchev–Trinajstić information content (AvgIpc) is 3.08. The largest absolute Gasteiger partial charge is 0.257 e. The zero-order valence-corrected chi connectivity index (χ0v) is 16.9. The van der Waals surface area contributed by atoms with E-state index in [1.54, 1.807) is 0 Å². The lowest BCUT2D eigenvalue weighted by molar-refractivity contribution is 0.624. The molecule has 0 spiro atoms. The third-order valence-corrected chi connectivity index (χ3v) is 5.44. The van der Waals surface area contributed by atoms with Crippen molar-refractivity contribution in [2.75, 3.05) is 5.01 Å². The van der Waals surface area contributed by atoms with Crippen molar-refractivity contribution < 1.29 is 4.39 Å². The highest BCUT2D eigenvalue weighted by Gasteiger charge is 2.30. The topological polar surface area (TPSA) is 15.6 Å². The molecule has 0 N–H and O–H groups in total. The van der Waals surface area contributed by atoms with Crippen molar-refractivity contribution in [3.8, 4) is 0 Å². The van der Waals surface area contributed by atoms with Gasteiger partial charge in [0.05, 0.1) is 17.4 Å². The summed E-state index contributed by atoms with van der Waals surface area (Å²) in [6, 6.07) is 23.0. The summed E-state index contributed by atoms with van der Waals surface area (Å²) in [4.78, 5) is 0. The van der Waals surface area contributed by atoms with Crippen LogP contribution in [0.4, 0.5) is 10.1 Å². The first-order valence-corrected chi connectivity index (χ1v) is 9.82. The molecule has 0 aromatic heterocycles. The molecule has 3 aromatic carbocycles. The first kappa shape index (κ1) is 17.4. The van der Waals surface area contributed by atoms with Crippen LogP contribution in [0.1, 0.15) is 23.6 Å². The smallest absolute Gasteiger partial charge is 0.123 e. The lowest BCUT2D eigenvalue weighted by atomic mass is 9.98. The summed E-state index contributed by atoms with van der Waals surface area (Å²) in [5.41, 5.74) is 4.16. The highest BCUT2D eigenvalue weighted by molar-refractivity contribution is 9.10. The quantitative estimate of drug-likeness (QED) is 0.412. The van der Waals surface area contributed by atoms with Crippen molar-refractivity contribution in [3.63, 3.8) is 0 Å². The fraction of sp³-hybridized carbons (Fsp3) is 0.0952. The van der Waals surface area contributed by atoms with E-state index >= 15 is 0 Å². The number of halogens is 3. The van der Waals surface area contributed by atoms with Crippen LogP contribution >= 0.6 is 31.9 Å². The highest BCUT2D eigenvalue weighted by Crippen LogP contribution is 2.37. The summed E-state index contributed by atoms with van der Waals surface area (Å²) in [6.45, 7) is 0. The summed E-state index contributed by atoms with van der Waals surface area (Å²) in [5.74, 6) is -0.227. The van der Waals surface area contributed by atoms with E-state index in [4.69, 9.17) is 5.10 Å². The maximum Gasteiger partial charge on any atom is 0.123 e. The molecule has 0 radical (unpaired) electrons. The van der Waals surface area contributed by atoms with Crippen molar-refractivity contribution in [3.05, 3.63) is 98.7 Å². The molecule has 1 aliphatic rings. The van der Waals surface area contributed by atoms with Gasteiger partial charge < -0.3 is 0 Å². The molecule has 2 nitrogen and oxygen atoms in total. The molecule has 0 aliphatic carbocycles. The van der Waals surface area contributed by atoms with E-state index in [0.717, 1.165) is 37.9 Å². The van der Waals surface area contributed by atoms with Crippen LogP contribution < -0.4 is 5.01 Å². The molecule has 0 saturated heterocycles. The fourth-order valence-electron chi connectivity index (χ4n) is 3.13. The normalized spacial score (nSPS) is 16.7. The molecule has 26 heavy (non-hydrogen) atoms. The monoisotopic (exact) mass is 472 g/mol. The molecular weight excluding hydrogens is 459 g/mol. The summed E-state index contributed by atoms with van der Waals surface area (Å²) in [7, 11) is 0. The molecule has 4 rings (SSSR count). The van der Waals surface area contributed by atoms with Crippen LogP contribution in [-0.4, -0.2) is 5.71 Å². The van der Waals surface area contributed by atoms with Gasteiger partial charge >= 0.3 is 0 Å². The Labute approximate surface area is 168 Å². The molecule has 5 heteroatoms. The fourth-order valence-corrected chi connectivity index (χ4v) is 3.78. The number of anilines is 1. The molecule has 0 fully saturated rings. The minimum absolute atomic E-state index is 0.0311. The van der Waals surface area contributed by atoms with Crippen molar-refractivity contribution in [2.24, 2.45) is 5.10 Å². The predicted octanol–water partition coefficient (Wildman–Crippen LogP) is 6.71. The second-order valence-electron chi connectivity index (χ2n) is 6.15. The van der Waals surface area contributed by atoms with Crippen LogP contribution in [0.3, 0.4) is 0 Å². The SMILES string of the molecule is Fc1ccc([C@@H]2CC(c3ccc(Br)cc3)=NN2c2cccc(Br)c2)cc1. The molecule has 0 unspecified atom stereocenters. The number of nitrogens with zero attached hydrogens (tertiary/aromatic N) is 2. The molecule has 0 bridgehead atoms. The first-order valence-electron chi connectivity index (χ1n) is 8.24. The van der Waals surface area contributed by atoms with Crippen molar-refractivity contribution in [1.29, 1.82) is 0 Å². The number of hydrogen-bond acceptors (Lipinski definition) is 2. The molecule has 130 valence electrons. The number of rotatable bonds is 3. The summed E-state index contributed by atoms with van der Waals surface area (Å²) < 4.78 is 15.4. The Morgan fingerprint density at radius 3 is 2.31 bits per heavy atom. The Morgan fingerprint density at radius 2 is 1.62 bits per heavy atom. The minimum Gasteiger partial charge on any atom is -0.257 e. The van der Waals surface area contributed by atoms with Gasteiger partial charge in [-0.1, -0.05) is 62.2 Å². The highest BCUT2D eigenvalue weighted by atomic mass is 79.9. The summed E-state index contributed by atoms with van der Waals surface area (Å²) in [6.07, 6.45) is 0.764. The third-order valence-electron chi connectivity index (χ3n) is 4.42. The third kappa shape index (κ3) is 3.60. The lowest BCUT2D eigenvalue weighted by Crippen LogP contribution is -2.18. The van der Waals surface area contributed by atoms with Crippen LogP contribution in [0.2, 0.25) is 0 Å². The van der Waals surface area contributed by atoms with Gasteiger partial charge in [-0.05, 0) is 53.6 Å². The van der Waals surface area contributed by atoms with Gasteiger partial charge in [-0.15, -0.1) is 0 Å². The van der Waals surface area contributed by atoms with E-state index in [0.29, 0.717) is 0 Å². The molecule has 1 atom stereocenters. The van der Waals surface area contributed by atoms with Crippen LogP contribution in [-0.2, 0) is 0 Å². The Morgan fingerprint density at radius 1 is 0.885 bits per heavy atom. The number of benzene rings is 3. The van der Waals surface area contributed by atoms with E-state index < -0.39 is 0 Å². The number of hydrogen-bond donors (Lipinski definition) is 0. The van der Waals surface area contributed by atoms with E-state index in [1.807, 2.05) is 53.5 Å². The second kappa shape index (κ2) is 7.33. The Hall–Kier alpha value is -1.98. The summed E-state index contributed by atoms with van der Waals surface area (Å²) in [5, 5.41) is 6.92. The van der Waals surface area contributed by atoms with E-state index in [9.17, 15) is 4.39 Å². The Kier molecular flexibility index (Phi) is 4.92. The van der Waals surface area contributed by atoms with Crippen molar-refractivity contribution in [2.45, 2.75) is 12.5 Å².